The van der Waals surface area contributed by atoms with Crippen LogP contribution in [0.2, 0.25) is 5.15 Å². The lowest BCUT2D eigenvalue weighted by atomic mass is 10.3. The smallest absolute Gasteiger partial charge is 0.131 e. The van der Waals surface area contributed by atoms with E-state index in [1.807, 2.05) is 12.1 Å². The highest BCUT2D eigenvalue weighted by Crippen LogP contribution is 2.16. The van der Waals surface area contributed by atoms with Gasteiger partial charge in [-0.05, 0) is 12.1 Å². The number of hydrogen-bond donors (Lipinski definition) is 0. The number of nitriles is 2. The summed E-state index contributed by atoms with van der Waals surface area (Å²) < 4.78 is 0. The molecule has 0 saturated heterocycles. The summed E-state index contributed by atoms with van der Waals surface area (Å²) in [6, 6.07) is 7.29. The van der Waals surface area contributed by atoms with Gasteiger partial charge in [-0.15, -0.1) is 0 Å². The van der Waals surface area contributed by atoms with Gasteiger partial charge in [0.2, 0.25) is 0 Å². The van der Waals surface area contributed by atoms with Crippen molar-refractivity contribution in [2.45, 2.75) is 0 Å². The highest BCUT2D eigenvalue weighted by molar-refractivity contribution is 6.29. The zero-order chi connectivity index (χ0) is 10.4. The van der Waals surface area contributed by atoms with E-state index in [1.54, 1.807) is 23.2 Å². The summed E-state index contributed by atoms with van der Waals surface area (Å²) in [5, 5.41) is 17.4. The van der Waals surface area contributed by atoms with Gasteiger partial charge in [0.15, 0.2) is 0 Å². The third-order valence-electron chi connectivity index (χ3n) is 1.60. The number of halogens is 1. The quantitative estimate of drug-likeness (QED) is 0.557. The monoisotopic (exact) mass is 206 g/mol. The van der Waals surface area contributed by atoms with Gasteiger partial charge in [0.1, 0.15) is 18.2 Å². The third-order valence-corrected chi connectivity index (χ3v) is 1.81. The first kappa shape index (κ1) is 10.3. The predicted molar refractivity (Wildman–Crippen MR) is 52.7 cm³/mol. The first-order chi connectivity index (χ1) is 6.77. The molecular weight excluding hydrogens is 200 g/mol. The Kier molecular flexibility index (Phi) is 3.72. The molecule has 0 aliphatic rings. The fourth-order valence-corrected chi connectivity index (χ4v) is 1.17. The van der Waals surface area contributed by atoms with Crippen LogP contribution in [0, 0.1) is 22.7 Å². The van der Waals surface area contributed by atoms with Crippen molar-refractivity contribution in [2.24, 2.45) is 0 Å². The molecule has 0 saturated carbocycles. The van der Waals surface area contributed by atoms with E-state index >= 15 is 0 Å². The Hall–Kier alpha value is -1.78. The Morgan fingerprint density at radius 1 is 1.36 bits per heavy atom. The summed E-state index contributed by atoms with van der Waals surface area (Å²) in [5.41, 5.74) is 0.730. The van der Waals surface area contributed by atoms with Gasteiger partial charge >= 0.3 is 0 Å². The van der Waals surface area contributed by atoms with Crippen LogP contribution in [0.1, 0.15) is 0 Å². The Balaban J connectivity index is 2.89. The molecule has 0 amide bonds. The molecule has 14 heavy (non-hydrogen) atoms. The fraction of sp³-hybridized carbons (Fsp3) is 0.222. The lowest BCUT2D eigenvalue weighted by Gasteiger charge is -2.17. The molecule has 0 N–H and O–H groups in total. The fourth-order valence-electron chi connectivity index (χ4n) is 0.998. The van der Waals surface area contributed by atoms with Crippen LogP contribution in [0.15, 0.2) is 18.3 Å². The summed E-state index contributed by atoms with van der Waals surface area (Å²) in [6.07, 6.45) is 1.54. The molecule has 0 fully saturated rings. The Morgan fingerprint density at radius 2 is 2.00 bits per heavy atom. The predicted octanol–water partition coefficient (Wildman–Crippen LogP) is 1.59. The number of rotatable bonds is 3. The summed E-state index contributed by atoms with van der Waals surface area (Å²) in [7, 11) is 0. The average molecular weight is 207 g/mol. The standard InChI is InChI=1S/C9H7ClN4/c10-9-7-8(1-4-13-9)14(5-2-11)6-3-12/h1,4,7H,5-6H2. The van der Waals surface area contributed by atoms with Crippen molar-refractivity contribution in [3.05, 3.63) is 23.5 Å². The van der Waals surface area contributed by atoms with Gasteiger partial charge in [0.05, 0.1) is 12.1 Å². The molecule has 0 aliphatic carbocycles. The molecule has 1 aromatic rings. The van der Waals surface area contributed by atoms with E-state index in [-0.39, 0.29) is 13.1 Å². The first-order valence-corrected chi connectivity index (χ1v) is 4.26. The molecule has 0 bridgehead atoms. The van der Waals surface area contributed by atoms with E-state index in [4.69, 9.17) is 22.1 Å². The largest absolute Gasteiger partial charge is 0.345 e. The lowest BCUT2D eigenvalue weighted by molar-refractivity contribution is 0.963. The van der Waals surface area contributed by atoms with E-state index in [1.165, 1.54) is 0 Å². The van der Waals surface area contributed by atoms with Crippen molar-refractivity contribution in [2.75, 3.05) is 18.0 Å². The van der Waals surface area contributed by atoms with Crippen LogP contribution in [0.3, 0.4) is 0 Å². The van der Waals surface area contributed by atoms with Gasteiger partial charge < -0.3 is 4.90 Å². The first-order valence-electron chi connectivity index (χ1n) is 3.88. The molecule has 4 nitrogen and oxygen atoms in total. The molecule has 0 unspecified atom stereocenters. The molecule has 0 radical (unpaired) electrons. The van der Waals surface area contributed by atoms with Gasteiger partial charge in [-0.1, -0.05) is 11.6 Å². The number of aromatic nitrogens is 1. The van der Waals surface area contributed by atoms with Crippen molar-refractivity contribution < 1.29 is 0 Å². The van der Waals surface area contributed by atoms with E-state index in [0.29, 0.717) is 5.15 Å². The normalized spacial score (nSPS) is 8.79. The highest BCUT2D eigenvalue weighted by atomic mass is 35.5. The molecule has 1 heterocycles. The topological polar surface area (TPSA) is 63.7 Å². The number of nitrogens with zero attached hydrogens (tertiary/aromatic N) is 4. The molecule has 70 valence electrons. The van der Waals surface area contributed by atoms with Gasteiger partial charge in [0.25, 0.3) is 0 Å². The highest BCUT2D eigenvalue weighted by Gasteiger charge is 2.05. The van der Waals surface area contributed by atoms with E-state index in [2.05, 4.69) is 4.98 Å². The van der Waals surface area contributed by atoms with Crippen LogP contribution in [0.25, 0.3) is 0 Å². The molecule has 5 heteroatoms. The maximum absolute atomic E-state index is 8.54. The van der Waals surface area contributed by atoms with Gasteiger partial charge in [0, 0.05) is 11.9 Å². The summed E-state index contributed by atoms with van der Waals surface area (Å²) in [4.78, 5) is 5.43. The third kappa shape index (κ3) is 2.62. The van der Waals surface area contributed by atoms with Gasteiger partial charge in [-0.2, -0.15) is 10.5 Å². The van der Waals surface area contributed by atoms with Crippen LogP contribution >= 0.6 is 11.6 Å². The SMILES string of the molecule is N#CCN(CC#N)c1ccnc(Cl)c1. The minimum Gasteiger partial charge on any atom is -0.345 e. The lowest BCUT2D eigenvalue weighted by Crippen LogP contribution is -2.23. The number of pyridine rings is 1. The number of anilines is 1. The van der Waals surface area contributed by atoms with Crippen LogP contribution in [-0.4, -0.2) is 18.1 Å². The average Bonchev–Trinajstić information content (AvgIpc) is 2.17. The second kappa shape index (κ2) is 5.06. The second-order valence-electron chi connectivity index (χ2n) is 2.51. The summed E-state index contributed by atoms with van der Waals surface area (Å²) in [6.45, 7) is 0.321. The van der Waals surface area contributed by atoms with Crippen molar-refractivity contribution in [1.29, 1.82) is 10.5 Å². The van der Waals surface area contributed by atoms with Crippen LogP contribution in [-0.2, 0) is 0 Å². The second-order valence-corrected chi connectivity index (χ2v) is 2.90. The molecule has 0 aliphatic heterocycles. The molecule has 1 rings (SSSR count). The van der Waals surface area contributed by atoms with Crippen molar-refractivity contribution in [1.82, 2.24) is 4.98 Å². The van der Waals surface area contributed by atoms with Gasteiger partial charge in [-0.25, -0.2) is 4.98 Å². The molecular formula is C9H7ClN4. The van der Waals surface area contributed by atoms with Crippen molar-refractivity contribution in [3.63, 3.8) is 0 Å². The molecule has 0 spiro atoms. The molecule has 1 aromatic heterocycles. The van der Waals surface area contributed by atoms with E-state index in [9.17, 15) is 0 Å². The Labute approximate surface area is 87.0 Å². The number of hydrogen-bond acceptors (Lipinski definition) is 4. The Bertz CT molecular complexity index is 375. The van der Waals surface area contributed by atoms with E-state index in [0.717, 1.165) is 5.69 Å². The maximum Gasteiger partial charge on any atom is 0.131 e. The summed E-state index contributed by atoms with van der Waals surface area (Å²) >= 11 is 5.69. The van der Waals surface area contributed by atoms with Crippen LogP contribution in [0.4, 0.5) is 5.69 Å². The van der Waals surface area contributed by atoms with Crippen molar-refractivity contribution >= 4 is 17.3 Å². The molecule has 0 aromatic carbocycles. The Morgan fingerprint density at radius 3 is 2.50 bits per heavy atom. The van der Waals surface area contributed by atoms with E-state index < -0.39 is 0 Å². The maximum atomic E-state index is 8.54. The van der Waals surface area contributed by atoms with Crippen molar-refractivity contribution in [3.8, 4) is 12.1 Å². The summed E-state index contributed by atoms with van der Waals surface area (Å²) in [5.74, 6) is 0. The minimum absolute atomic E-state index is 0.161. The minimum atomic E-state index is 0.161. The van der Waals surface area contributed by atoms with Crippen LogP contribution in [0.5, 0.6) is 0 Å². The zero-order valence-corrected chi connectivity index (χ0v) is 8.07. The van der Waals surface area contributed by atoms with Gasteiger partial charge in [-0.3, -0.25) is 0 Å². The molecule has 0 atom stereocenters. The zero-order valence-electron chi connectivity index (χ0n) is 7.31. The van der Waals surface area contributed by atoms with Crippen LogP contribution < -0.4 is 4.90 Å².